The molecule has 0 saturated heterocycles. The summed E-state index contributed by atoms with van der Waals surface area (Å²) in [6.07, 6.45) is -1.91. The zero-order valence-electron chi connectivity index (χ0n) is 15.0. The fourth-order valence-corrected chi connectivity index (χ4v) is 5.23. The maximum absolute atomic E-state index is 12.7. The molecule has 0 spiro atoms. The number of rotatable bonds is 3. The van der Waals surface area contributed by atoms with Crippen LogP contribution in [0.25, 0.3) is 10.9 Å². The number of nitrogens with zero attached hydrogens (tertiary/aromatic N) is 2. The lowest BCUT2D eigenvalue weighted by atomic mass is 9.95. The molecule has 0 amide bonds. The molecule has 2 aromatic carbocycles. The molecule has 7 nitrogen and oxygen atoms in total. The molecule has 0 fully saturated rings. The van der Waals surface area contributed by atoms with Gasteiger partial charge in [-0.15, -0.1) is 0 Å². The molecule has 144 valence electrons. The highest BCUT2D eigenvalue weighted by Crippen LogP contribution is 2.53. The van der Waals surface area contributed by atoms with Crippen LogP contribution in [0.3, 0.4) is 0 Å². The third-order valence-electron chi connectivity index (χ3n) is 4.86. The van der Waals surface area contributed by atoms with Gasteiger partial charge in [0.15, 0.2) is 6.10 Å². The van der Waals surface area contributed by atoms with E-state index in [9.17, 15) is 20.0 Å². The molecule has 0 unspecified atom stereocenters. The number of thioether (sulfide) groups is 1. The average Bonchev–Trinajstić information content (AvgIpc) is 3.03. The van der Waals surface area contributed by atoms with Crippen LogP contribution in [0.1, 0.15) is 29.4 Å². The Kier molecular flexibility index (Phi) is 4.82. The number of aliphatic hydroxyl groups is 1. The molecule has 4 rings (SSSR count). The molecule has 3 atom stereocenters. The van der Waals surface area contributed by atoms with Crippen molar-refractivity contribution in [2.75, 3.05) is 6.61 Å². The predicted octanol–water partition coefficient (Wildman–Crippen LogP) is 4.17. The molecule has 0 bridgehead atoms. The Balaban J connectivity index is 1.96. The van der Waals surface area contributed by atoms with Crippen LogP contribution in [-0.4, -0.2) is 33.3 Å². The van der Waals surface area contributed by atoms with Crippen LogP contribution in [0.15, 0.2) is 59.6 Å². The number of aromatic nitrogens is 1. The largest absolute Gasteiger partial charge is 0.449 e. The van der Waals surface area contributed by atoms with Crippen LogP contribution < -0.4 is 0 Å². The molecule has 28 heavy (non-hydrogen) atoms. The van der Waals surface area contributed by atoms with Crippen molar-refractivity contribution in [3.63, 3.8) is 0 Å². The van der Waals surface area contributed by atoms with Crippen LogP contribution in [0, 0.1) is 10.1 Å². The van der Waals surface area contributed by atoms with E-state index in [4.69, 9.17) is 4.74 Å². The lowest BCUT2D eigenvalue weighted by Gasteiger charge is -2.30. The van der Waals surface area contributed by atoms with Gasteiger partial charge < -0.3 is 9.84 Å². The van der Waals surface area contributed by atoms with Crippen molar-refractivity contribution in [1.82, 2.24) is 4.57 Å². The second kappa shape index (κ2) is 7.29. The highest BCUT2D eigenvalue weighted by atomic mass is 32.2. The number of carbonyl (C=O) groups excluding carboxylic acids is 1. The van der Waals surface area contributed by atoms with Gasteiger partial charge in [0.05, 0.1) is 17.1 Å². The van der Waals surface area contributed by atoms with Crippen LogP contribution in [0.5, 0.6) is 0 Å². The minimum atomic E-state index is -1.35. The first-order valence-electron chi connectivity index (χ1n) is 8.88. The average molecular weight is 398 g/mol. The van der Waals surface area contributed by atoms with E-state index in [1.54, 1.807) is 55.5 Å². The number of hydrogen-bond donors (Lipinski definition) is 1. The molecule has 2 heterocycles. The molecule has 1 aliphatic heterocycles. The van der Waals surface area contributed by atoms with Crippen LogP contribution >= 0.6 is 11.8 Å². The van der Waals surface area contributed by atoms with E-state index < -0.39 is 28.4 Å². The Bertz CT molecular complexity index is 1050. The summed E-state index contributed by atoms with van der Waals surface area (Å²) in [4.78, 5) is 24.1. The van der Waals surface area contributed by atoms with Gasteiger partial charge in [0, 0.05) is 15.9 Å². The van der Waals surface area contributed by atoms with Gasteiger partial charge >= 0.3 is 6.09 Å². The quantitative estimate of drug-likeness (QED) is 0.526. The topological polar surface area (TPSA) is 94.6 Å². The summed E-state index contributed by atoms with van der Waals surface area (Å²) in [6, 6.07) is 14.8. The zero-order valence-corrected chi connectivity index (χ0v) is 15.8. The summed E-state index contributed by atoms with van der Waals surface area (Å²) < 4.78 is 6.62. The first-order valence-corrected chi connectivity index (χ1v) is 9.76. The second-order valence-electron chi connectivity index (χ2n) is 6.44. The summed E-state index contributed by atoms with van der Waals surface area (Å²) in [5, 5.41) is 23.4. The molecule has 1 N–H and O–H groups in total. The van der Waals surface area contributed by atoms with Gasteiger partial charge in [-0.05, 0) is 18.6 Å². The Morgan fingerprint density at radius 1 is 1.21 bits per heavy atom. The zero-order chi connectivity index (χ0) is 19.8. The number of ether oxygens (including phenoxy) is 1. The number of nitro groups is 1. The summed E-state index contributed by atoms with van der Waals surface area (Å²) >= 11 is 1.22. The number of aliphatic hydroxyl groups excluding tert-OH is 1. The lowest BCUT2D eigenvalue weighted by molar-refractivity contribution is -0.536. The molecule has 1 aliphatic rings. The van der Waals surface area contributed by atoms with Gasteiger partial charge in [0.1, 0.15) is 5.25 Å². The van der Waals surface area contributed by atoms with Crippen LogP contribution in [0.2, 0.25) is 0 Å². The van der Waals surface area contributed by atoms with E-state index in [1.165, 1.54) is 16.3 Å². The highest BCUT2D eigenvalue weighted by molar-refractivity contribution is 7.99. The Labute approximate surface area is 165 Å². The molecule has 0 saturated carbocycles. The summed E-state index contributed by atoms with van der Waals surface area (Å²) in [5.74, 6) is 0. The van der Waals surface area contributed by atoms with E-state index in [0.717, 1.165) is 5.56 Å². The lowest BCUT2D eigenvalue weighted by Crippen LogP contribution is -2.36. The van der Waals surface area contributed by atoms with Crippen molar-refractivity contribution in [2.45, 2.75) is 29.3 Å². The van der Waals surface area contributed by atoms with E-state index in [2.05, 4.69) is 0 Å². The van der Waals surface area contributed by atoms with Crippen molar-refractivity contribution in [1.29, 1.82) is 0 Å². The first-order chi connectivity index (χ1) is 13.5. The third-order valence-corrected chi connectivity index (χ3v) is 6.29. The number of fused-ring (bicyclic) bond motifs is 3. The monoisotopic (exact) mass is 398 g/mol. The van der Waals surface area contributed by atoms with Gasteiger partial charge in [0.25, 0.3) is 6.04 Å². The number of para-hydroxylation sites is 1. The summed E-state index contributed by atoms with van der Waals surface area (Å²) in [5.41, 5.74) is 1.69. The standard InChI is InChI=1S/C20H18N2O5S/c1-2-27-20(24)21-14-11-7-6-10-13(14)15-17(23)16(22(25)26)18(28-19(15)21)12-8-4-3-5-9-12/h3-11,16-18,23H,2H2,1H3/t16-,17+,18+/m0/s1. The fourth-order valence-electron chi connectivity index (χ4n) is 3.67. The third kappa shape index (κ3) is 2.85. The second-order valence-corrected chi connectivity index (χ2v) is 7.57. The van der Waals surface area contributed by atoms with Crippen molar-refractivity contribution in [2.24, 2.45) is 0 Å². The number of carbonyl (C=O) groups is 1. The summed E-state index contributed by atoms with van der Waals surface area (Å²) in [6.45, 7) is 1.92. The SMILES string of the molecule is CCOC(=O)n1c2c(c3ccccc31)[C@@H](O)[C@H]([N+](=O)[O-])[C@@H](c1ccccc1)S2. The first kappa shape index (κ1) is 18.5. The van der Waals surface area contributed by atoms with Gasteiger partial charge in [-0.25, -0.2) is 9.36 Å². The van der Waals surface area contributed by atoms with Crippen LogP contribution in [-0.2, 0) is 4.74 Å². The molecular weight excluding hydrogens is 380 g/mol. The van der Waals surface area contributed by atoms with E-state index in [-0.39, 0.29) is 6.61 Å². The van der Waals surface area contributed by atoms with Crippen molar-refractivity contribution in [3.05, 3.63) is 75.8 Å². The molecule has 0 radical (unpaired) electrons. The maximum Gasteiger partial charge on any atom is 0.419 e. The maximum atomic E-state index is 12.7. The molecule has 8 heteroatoms. The van der Waals surface area contributed by atoms with Crippen molar-refractivity contribution >= 4 is 28.8 Å². The van der Waals surface area contributed by atoms with Crippen molar-refractivity contribution in [3.8, 4) is 0 Å². The van der Waals surface area contributed by atoms with E-state index >= 15 is 0 Å². The Morgan fingerprint density at radius 2 is 1.89 bits per heavy atom. The van der Waals surface area contributed by atoms with Crippen molar-refractivity contribution < 1.29 is 19.6 Å². The predicted molar refractivity (Wildman–Crippen MR) is 105 cm³/mol. The molecule has 1 aromatic heterocycles. The highest BCUT2D eigenvalue weighted by Gasteiger charge is 2.48. The van der Waals surface area contributed by atoms with Gasteiger partial charge in [-0.3, -0.25) is 10.1 Å². The molecule has 3 aromatic rings. The minimum Gasteiger partial charge on any atom is -0.449 e. The number of hydrogen-bond acceptors (Lipinski definition) is 6. The summed E-state index contributed by atoms with van der Waals surface area (Å²) in [7, 11) is 0. The van der Waals surface area contributed by atoms with Crippen LogP contribution in [0.4, 0.5) is 4.79 Å². The fraction of sp³-hybridized carbons (Fsp3) is 0.250. The van der Waals surface area contributed by atoms with Gasteiger partial charge in [-0.1, -0.05) is 60.3 Å². The van der Waals surface area contributed by atoms with Gasteiger partial charge in [0.2, 0.25) is 0 Å². The normalized spacial score (nSPS) is 21.3. The minimum absolute atomic E-state index is 0.201. The van der Waals surface area contributed by atoms with Gasteiger partial charge in [-0.2, -0.15) is 0 Å². The smallest absolute Gasteiger partial charge is 0.419 e. The Morgan fingerprint density at radius 3 is 2.57 bits per heavy atom. The molecular formula is C20H18N2O5S. The molecule has 0 aliphatic carbocycles. The van der Waals surface area contributed by atoms with E-state index in [0.29, 0.717) is 21.5 Å². The number of benzene rings is 2. The van der Waals surface area contributed by atoms with E-state index in [1.807, 2.05) is 6.07 Å². The Hall–Kier alpha value is -2.84.